The number of nitrogens with one attached hydrogen (secondary N) is 2. The Morgan fingerprint density at radius 3 is 2.51 bits per heavy atom. The first kappa shape index (κ1) is 24.5. The molecule has 11 heteroatoms. The van der Waals surface area contributed by atoms with E-state index in [9.17, 15) is 19.7 Å². The zero-order valence-electron chi connectivity index (χ0n) is 19.2. The highest BCUT2D eigenvalue weighted by Gasteiger charge is 2.35. The van der Waals surface area contributed by atoms with Crippen LogP contribution in [-0.4, -0.2) is 61.2 Å². The SMILES string of the molecule is CCOC(=O)C1=C(CN2CCN(c3cccc(Cl)c3)CC2)NC(=O)N[C@H]1c1ccc([N+](=O)[O-])cc1. The molecule has 1 fully saturated rings. The topological polar surface area (TPSA) is 117 Å². The van der Waals surface area contributed by atoms with Crippen molar-refractivity contribution >= 4 is 35.0 Å². The summed E-state index contributed by atoms with van der Waals surface area (Å²) < 4.78 is 5.30. The van der Waals surface area contributed by atoms with Crippen molar-refractivity contribution in [1.82, 2.24) is 15.5 Å². The van der Waals surface area contributed by atoms with E-state index in [1.807, 2.05) is 24.3 Å². The Morgan fingerprint density at radius 1 is 1.17 bits per heavy atom. The second-order valence-electron chi connectivity index (χ2n) is 8.24. The van der Waals surface area contributed by atoms with Crippen LogP contribution in [0.2, 0.25) is 5.02 Å². The molecule has 1 saturated heterocycles. The van der Waals surface area contributed by atoms with E-state index >= 15 is 0 Å². The van der Waals surface area contributed by atoms with Crippen molar-refractivity contribution in [3.8, 4) is 0 Å². The second-order valence-corrected chi connectivity index (χ2v) is 8.67. The third-order valence-corrected chi connectivity index (χ3v) is 6.25. The van der Waals surface area contributed by atoms with E-state index in [2.05, 4.69) is 20.4 Å². The van der Waals surface area contributed by atoms with Crippen LogP contribution in [0, 0.1) is 10.1 Å². The van der Waals surface area contributed by atoms with Crippen molar-refractivity contribution in [1.29, 1.82) is 0 Å². The van der Waals surface area contributed by atoms with Crippen molar-refractivity contribution < 1.29 is 19.2 Å². The number of urea groups is 1. The number of ether oxygens (including phenoxy) is 1. The number of carbonyl (C=O) groups excluding carboxylic acids is 2. The van der Waals surface area contributed by atoms with E-state index in [1.165, 1.54) is 24.3 Å². The Balaban J connectivity index is 1.56. The van der Waals surface area contributed by atoms with E-state index in [4.69, 9.17) is 16.3 Å². The lowest BCUT2D eigenvalue weighted by Gasteiger charge is -2.38. The largest absolute Gasteiger partial charge is 0.463 e. The number of benzene rings is 2. The summed E-state index contributed by atoms with van der Waals surface area (Å²) >= 11 is 6.13. The van der Waals surface area contributed by atoms with Crippen LogP contribution in [0.4, 0.5) is 16.2 Å². The average molecular weight is 500 g/mol. The molecule has 184 valence electrons. The number of rotatable bonds is 7. The van der Waals surface area contributed by atoms with Gasteiger partial charge in [0.2, 0.25) is 0 Å². The molecule has 2 amide bonds. The normalized spacial score (nSPS) is 18.6. The number of nitrogens with zero attached hydrogens (tertiary/aromatic N) is 3. The van der Waals surface area contributed by atoms with Gasteiger partial charge in [0, 0.05) is 61.3 Å². The second kappa shape index (κ2) is 10.7. The van der Waals surface area contributed by atoms with Gasteiger partial charge in [-0.3, -0.25) is 15.0 Å². The van der Waals surface area contributed by atoms with E-state index in [0.717, 1.165) is 31.9 Å². The fourth-order valence-corrected chi connectivity index (χ4v) is 4.48. The van der Waals surface area contributed by atoms with E-state index in [-0.39, 0.29) is 17.9 Å². The summed E-state index contributed by atoms with van der Waals surface area (Å²) in [5.41, 5.74) is 2.28. The summed E-state index contributed by atoms with van der Waals surface area (Å²) in [5.74, 6) is -0.545. The van der Waals surface area contributed by atoms with Crippen molar-refractivity contribution in [3.05, 3.63) is 80.5 Å². The molecule has 35 heavy (non-hydrogen) atoms. The van der Waals surface area contributed by atoms with Gasteiger partial charge in [-0.2, -0.15) is 0 Å². The van der Waals surface area contributed by atoms with E-state index in [0.29, 0.717) is 22.8 Å². The summed E-state index contributed by atoms with van der Waals surface area (Å²) in [7, 11) is 0. The van der Waals surface area contributed by atoms with Gasteiger partial charge in [-0.25, -0.2) is 9.59 Å². The first-order valence-electron chi connectivity index (χ1n) is 11.3. The quantitative estimate of drug-likeness (QED) is 0.341. The minimum absolute atomic E-state index is 0.0755. The Hall–Kier alpha value is -3.63. The lowest BCUT2D eigenvalue weighted by Crippen LogP contribution is -2.51. The van der Waals surface area contributed by atoms with Gasteiger partial charge in [-0.1, -0.05) is 17.7 Å². The first-order valence-corrected chi connectivity index (χ1v) is 11.7. The number of halogens is 1. The third kappa shape index (κ3) is 5.72. The van der Waals surface area contributed by atoms with Crippen LogP contribution in [0.3, 0.4) is 0 Å². The van der Waals surface area contributed by atoms with E-state index < -0.39 is 23.0 Å². The van der Waals surface area contributed by atoms with Gasteiger partial charge in [-0.05, 0) is 42.8 Å². The molecule has 2 aliphatic rings. The van der Waals surface area contributed by atoms with Crippen LogP contribution >= 0.6 is 11.6 Å². The average Bonchev–Trinajstić information content (AvgIpc) is 2.84. The standard InChI is InChI=1S/C24H26ClN5O5/c1-2-35-23(31)21-20(15-28-10-12-29(13-11-28)19-5-3-4-17(25)14-19)26-24(32)27-22(21)16-6-8-18(9-7-16)30(33)34/h3-9,14,22H,2,10-13,15H2,1H3,(H2,26,27,32)/t22-/m0/s1. The maximum absolute atomic E-state index is 13.0. The fourth-order valence-electron chi connectivity index (χ4n) is 4.29. The molecule has 2 aliphatic heterocycles. The van der Waals surface area contributed by atoms with Crippen LogP contribution in [0.5, 0.6) is 0 Å². The molecule has 0 aromatic heterocycles. The number of carbonyl (C=O) groups is 2. The van der Waals surface area contributed by atoms with Gasteiger partial charge in [0.15, 0.2) is 0 Å². The summed E-state index contributed by atoms with van der Waals surface area (Å²) in [6.07, 6.45) is 0. The molecule has 0 bridgehead atoms. The highest BCUT2D eigenvalue weighted by molar-refractivity contribution is 6.30. The number of anilines is 1. The predicted octanol–water partition coefficient (Wildman–Crippen LogP) is 3.24. The maximum atomic E-state index is 13.0. The highest BCUT2D eigenvalue weighted by Crippen LogP contribution is 2.30. The van der Waals surface area contributed by atoms with Gasteiger partial charge in [-0.15, -0.1) is 0 Å². The van der Waals surface area contributed by atoms with Crippen LogP contribution in [-0.2, 0) is 9.53 Å². The van der Waals surface area contributed by atoms with Gasteiger partial charge in [0.05, 0.1) is 23.1 Å². The molecule has 4 rings (SSSR count). The molecule has 2 heterocycles. The summed E-state index contributed by atoms with van der Waals surface area (Å²) in [5, 5.41) is 17.2. The number of hydrogen-bond acceptors (Lipinski definition) is 7. The van der Waals surface area contributed by atoms with Crippen LogP contribution < -0.4 is 15.5 Å². The number of nitro benzene ring substituents is 1. The molecular weight excluding hydrogens is 474 g/mol. The summed E-state index contributed by atoms with van der Waals surface area (Å²) in [6, 6.07) is 12.2. The Morgan fingerprint density at radius 2 is 1.89 bits per heavy atom. The number of amides is 2. The fraction of sp³-hybridized carbons (Fsp3) is 0.333. The van der Waals surface area contributed by atoms with Crippen LogP contribution in [0.15, 0.2) is 59.8 Å². The van der Waals surface area contributed by atoms with Gasteiger partial charge in [0.1, 0.15) is 0 Å². The molecular formula is C24H26ClN5O5. The molecule has 2 aromatic rings. The summed E-state index contributed by atoms with van der Waals surface area (Å²) in [4.78, 5) is 40.4. The predicted molar refractivity (Wildman–Crippen MR) is 131 cm³/mol. The van der Waals surface area contributed by atoms with Crippen molar-refractivity contribution in [2.45, 2.75) is 13.0 Å². The lowest BCUT2D eigenvalue weighted by atomic mass is 9.94. The van der Waals surface area contributed by atoms with Gasteiger partial charge >= 0.3 is 12.0 Å². The monoisotopic (exact) mass is 499 g/mol. The Labute approximate surface area is 207 Å². The zero-order valence-corrected chi connectivity index (χ0v) is 20.0. The van der Waals surface area contributed by atoms with Crippen molar-refractivity contribution in [2.75, 3.05) is 44.2 Å². The highest BCUT2D eigenvalue weighted by atomic mass is 35.5. The van der Waals surface area contributed by atoms with Crippen LogP contribution in [0.25, 0.3) is 0 Å². The third-order valence-electron chi connectivity index (χ3n) is 6.01. The summed E-state index contributed by atoms with van der Waals surface area (Å²) in [6.45, 7) is 5.21. The number of esters is 1. The smallest absolute Gasteiger partial charge is 0.338 e. The molecule has 0 unspecified atom stereocenters. The van der Waals surface area contributed by atoms with Crippen LogP contribution in [0.1, 0.15) is 18.5 Å². The first-order chi connectivity index (χ1) is 16.9. The number of hydrogen-bond donors (Lipinski definition) is 2. The molecule has 0 spiro atoms. The molecule has 1 atom stereocenters. The maximum Gasteiger partial charge on any atom is 0.338 e. The molecule has 0 aliphatic carbocycles. The molecule has 0 saturated carbocycles. The number of nitro groups is 1. The number of piperazine rings is 1. The zero-order chi connectivity index (χ0) is 24.9. The minimum Gasteiger partial charge on any atom is -0.463 e. The Bertz CT molecular complexity index is 1150. The molecule has 0 radical (unpaired) electrons. The molecule has 2 N–H and O–H groups in total. The molecule has 2 aromatic carbocycles. The Kier molecular flexibility index (Phi) is 7.52. The lowest BCUT2D eigenvalue weighted by molar-refractivity contribution is -0.384. The van der Waals surface area contributed by atoms with Crippen molar-refractivity contribution in [3.63, 3.8) is 0 Å². The minimum atomic E-state index is -0.786. The van der Waals surface area contributed by atoms with E-state index in [1.54, 1.807) is 6.92 Å². The van der Waals surface area contributed by atoms with Gasteiger partial charge in [0.25, 0.3) is 5.69 Å². The molecule has 10 nitrogen and oxygen atoms in total. The number of non-ortho nitro benzene ring substituents is 1. The van der Waals surface area contributed by atoms with Gasteiger partial charge < -0.3 is 20.3 Å². The van der Waals surface area contributed by atoms with Crippen molar-refractivity contribution in [2.24, 2.45) is 0 Å².